The zero-order valence-corrected chi connectivity index (χ0v) is 9.71. The summed E-state index contributed by atoms with van der Waals surface area (Å²) in [5.41, 5.74) is -1.04. The van der Waals surface area contributed by atoms with Crippen molar-refractivity contribution in [2.75, 3.05) is 13.1 Å². The Balaban J connectivity index is 2.00. The van der Waals surface area contributed by atoms with Gasteiger partial charge in [-0.25, -0.2) is 4.39 Å². The first kappa shape index (κ1) is 11.8. The predicted octanol–water partition coefficient (Wildman–Crippen LogP) is 1.83. The van der Waals surface area contributed by atoms with E-state index in [1.165, 1.54) is 0 Å². The van der Waals surface area contributed by atoms with Gasteiger partial charge in [0.1, 0.15) is 5.67 Å². The fourth-order valence-corrected chi connectivity index (χ4v) is 3.53. The summed E-state index contributed by atoms with van der Waals surface area (Å²) >= 11 is 0. The van der Waals surface area contributed by atoms with Gasteiger partial charge in [0.15, 0.2) is 0 Å². The van der Waals surface area contributed by atoms with Gasteiger partial charge in [-0.1, -0.05) is 0 Å². The zero-order chi connectivity index (χ0) is 11.8. The van der Waals surface area contributed by atoms with Crippen LogP contribution in [0, 0.1) is 17.8 Å². The minimum Gasteiger partial charge on any atom is -0.481 e. The number of hydrogen-bond donors (Lipinski definition) is 2. The lowest BCUT2D eigenvalue weighted by Crippen LogP contribution is -2.51. The van der Waals surface area contributed by atoms with Crippen molar-refractivity contribution in [2.24, 2.45) is 17.8 Å². The van der Waals surface area contributed by atoms with E-state index in [2.05, 4.69) is 5.32 Å². The Kier molecular flexibility index (Phi) is 3.19. The number of alkyl halides is 1. The molecule has 2 aliphatic rings. The standard InChI is InChI=1S/C12H20FNO2/c1-12(13)4-8-6-14-7-9(5-12)10(8)2-3-11(15)16/h8-10,14H,2-7H2,1H3,(H,15,16). The lowest BCUT2D eigenvalue weighted by atomic mass is 9.63. The molecule has 2 rings (SSSR count). The molecule has 2 bridgehead atoms. The largest absolute Gasteiger partial charge is 0.481 e. The summed E-state index contributed by atoms with van der Waals surface area (Å²) in [7, 11) is 0. The second-order valence-corrected chi connectivity index (χ2v) is 5.60. The Morgan fingerprint density at radius 3 is 2.50 bits per heavy atom. The van der Waals surface area contributed by atoms with Crippen molar-refractivity contribution in [3.63, 3.8) is 0 Å². The fraction of sp³-hybridized carbons (Fsp3) is 0.917. The molecule has 92 valence electrons. The highest BCUT2D eigenvalue weighted by Crippen LogP contribution is 2.45. The predicted molar refractivity (Wildman–Crippen MR) is 59.0 cm³/mol. The number of nitrogens with one attached hydrogen (secondary N) is 1. The fourth-order valence-electron chi connectivity index (χ4n) is 3.53. The summed E-state index contributed by atoms with van der Waals surface area (Å²) in [5, 5.41) is 12.0. The summed E-state index contributed by atoms with van der Waals surface area (Å²) in [4.78, 5) is 10.6. The number of rotatable bonds is 3. The van der Waals surface area contributed by atoms with Crippen molar-refractivity contribution in [2.45, 2.75) is 38.3 Å². The lowest BCUT2D eigenvalue weighted by Gasteiger charge is -2.47. The highest BCUT2D eigenvalue weighted by atomic mass is 19.1. The molecule has 0 aromatic carbocycles. The van der Waals surface area contributed by atoms with Crippen LogP contribution in [0.15, 0.2) is 0 Å². The highest BCUT2D eigenvalue weighted by molar-refractivity contribution is 5.66. The lowest BCUT2D eigenvalue weighted by molar-refractivity contribution is -0.137. The number of piperidine rings is 1. The van der Waals surface area contributed by atoms with Gasteiger partial charge in [-0.15, -0.1) is 0 Å². The average Bonchev–Trinajstić information content (AvgIpc) is 2.13. The Morgan fingerprint density at radius 2 is 2.00 bits per heavy atom. The van der Waals surface area contributed by atoms with Crippen LogP contribution < -0.4 is 5.32 Å². The molecule has 1 aliphatic carbocycles. The molecule has 1 saturated heterocycles. The number of aliphatic carboxylic acids is 1. The van der Waals surface area contributed by atoms with Crippen molar-refractivity contribution in [3.05, 3.63) is 0 Å². The second-order valence-electron chi connectivity index (χ2n) is 5.60. The number of carbonyl (C=O) groups is 1. The molecule has 0 aromatic rings. The monoisotopic (exact) mass is 229 g/mol. The van der Waals surface area contributed by atoms with E-state index in [1.54, 1.807) is 6.92 Å². The van der Waals surface area contributed by atoms with Gasteiger partial charge in [-0.3, -0.25) is 4.79 Å². The molecule has 0 aromatic heterocycles. The number of carboxylic acids is 1. The number of fused-ring (bicyclic) bond motifs is 2. The molecule has 2 fully saturated rings. The maximum Gasteiger partial charge on any atom is 0.303 e. The Hall–Kier alpha value is -0.640. The van der Waals surface area contributed by atoms with Gasteiger partial charge in [0.25, 0.3) is 0 Å². The van der Waals surface area contributed by atoms with Crippen LogP contribution in [0.4, 0.5) is 4.39 Å². The molecular formula is C12H20FNO2. The minimum atomic E-state index is -1.04. The van der Waals surface area contributed by atoms with Crippen LogP contribution in [0.5, 0.6) is 0 Å². The zero-order valence-electron chi connectivity index (χ0n) is 9.71. The van der Waals surface area contributed by atoms with Crippen molar-refractivity contribution >= 4 is 5.97 Å². The molecule has 0 spiro atoms. The average molecular weight is 229 g/mol. The first-order chi connectivity index (χ1) is 7.48. The molecule has 2 atom stereocenters. The van der Waals surface area contributed by atoms with E-state index in [0.717, 1.165) is 13.1 Å². The van der Waals surface area contributed by atoms with E-state index in [1.807, 2.05) is 0 Å². The third kappa shape index (κ3) is 2.54. The summed E-state index contributed by atoms with van der Waals surface area (Å²) in [6, 6.07) is 0. The van der Waals surface area contributed by atoms with Gasteiger partial charge in [0, 0.05) is 6.42 Å². The highest BCUT2D eigenvalue weighted by Gasteiger charge is 2.45. The van der Waals surface area contributed by atoms with Gasteiger partial charge in [-0.05, 0) is 57.0 Å². The molecule has 0 radical (unpaired) electrons. The summed E-state index contributed by atoms with van der Waals surface area (Å²) < 4.78 is 14.0. The van der Waals surface area contributed by atoms with Crippen LogP contribution in [0.2, 0.25) is 0 Å². The molecule has 16 heavy (non-hydrogen) atoms. The summed E-state index contributed by atoms with van der Waals surface area (Å²) in [6.45, 7) is 3.38. The van der Waals surface area contributed by atoms with Crippen LogP contribution in [-0.2, 0) is 4.79 Å². The van der Waals surface area contributed by atoms with Crippen LogP contribution in [0.3, 0.4) is 0 Å². The van der Waals surface area contributed by atoms with E-state index in [-0.39, 0.29) is 6.42 Å². The van der Waals surface area contributed by atoms with Gasteiger partial charge in [-0.2, -0.15) is 0 Å². The van der Waals surface area contributed by atoms with E-state index < -0.39 is 11.6 Å². The molecule has 1 heterocycles. The smallest absolute Gasteiger partial charge is 0.303 e. The third-order valence-electron chi connectivity index (χ3n) is 4.09. The quantitative estimate of drug-likeness (QED) is 0.776. The molecular weight excluding hydrogens is 209 g/mol. The van der Waals surface area contributed by atoms with Gasteiger partial charge < -0.3 is 10.4 Å². The maximum atomic E-state index is 14.0. The van der Waals surface area contributed by atoms with Crippen molar-refractivity contribution in [3.8, 4) is 0 Å². The SMILES string of the molecule is CC1(F)CC2CNCC(C1)C2CCC(=O)O. The van der Waals surface area contributed by atoms with E-state index in [0.29, 0.717) is 37.0 Å². The van der Waals surface area contributed by atoms with E-state index >= 15 is 0 Å². The van der Waals surface area contributed by atoms with Gasteiger partial charge >= 0.3 is 5.97 Å². The number of halogens is 1. The first-order valence-electron chi connectivity index (χ1n) is 6.09. The Morgan fingerprint density at radius 1 is 1.44 bits per heavy atom. The molecule has 0 amide bonds. The van der Waals surface area contributed by atoms with Gasteiger partial charge in [0.05, 0.1) is 0 Å². The number of carboxylic acid groups (broad SMARTS) is 1. The first-order valence-corrected chi connectivity index (χ1v) is 6.09. The van der Waals surface area contributed by atoms with Gasteiger partial charge in [0.2, 0.25) is 0 Å². The molecule has 4 heteroatoms. The topological polar surface area (TPSA) is 49.3 Å². The normalized spacial score (nSPS) is 43.0. The third-order valence-corrected chi connectivity index (χ3v) is 4.09. The van der Waals surface area contributed by atoms with Crippen molar-refractivity contribution in [1.82, 2.24) is 5.32 Å². The number of hydrogen-bond acceptors (Lipinski definition) is 2. The molecule has 1 saturated carbocycles. The minimum absolute atomic E-state index is 0.223. The van der Waals surface area contributed by atoms with Crippen LogP contribution in [-0.4, -0.2) is 29.8 Å². The second kappa shape index (κ2) is 4.32. The van der Waals surface area contributed by atoms with Crippen molar-refractivity contribution < 1.29 is 14.3 Å². The van der Waals surface area contributed by atoms with Crippen molar-refractivity contribution in [1.29, 1.82) is 0 Å². The van der Waals surface area contributed by atoms with Crippen LogP contribution >= 0.6 is 0 Å². The molecule has 2 unspecified atom stereocenters. The Labute approximate surface area is 95.4 Å². The summed E-state index contributed by atoms with van der Waals surface area (Å²) in [6.07, 6.45) is 2.10. The molecule has 3 nitrogen and oxygen atoms in total. The van der Waals surface area contributed by atoms with E-state index in [9.17, 15) is 9.18 Å². The van der Waals surface area contributed by atoms with Crippen LogP contribution in [0.25, 0.3) is 0 Å². The molecule has 2 N–H and O–H groups in total. The summed E-state index contributed by atoms with van der Waals surface area (Å²) in [5.74, 6) is 0.310. The Bertz CT molecular complexity index is 264. The van der Waals surface area contributed by atoms with E-state index in [4.69, 9.17) is 5.11 Å². The molecule has 1 aliphatic heterocycles. The van der Waals surface area contributed by atoms with Crippen LogP contribution in [0.1, 0.15) is 32.6 Å². The maximum absolute atomic E-state index is 14.0.